The fourth-order valence-electron chi connectivity index (χ4n) is 3.78. The number of rotatable bonds is 6. The molecule has 1 atom stereocenters. The van der Waals surface area contributed by atoms with Crippen molar-refractivity contribution in [1.82, 2.24) is 10.3 Å². The van der Waals surface area contributed by atoms with Gasteiger partial charge in [-0.1, -0.05) is 71.9 Å². The summed E-state index contributed by atoms with van der Waals surface area (Å²) in [4.78, 5) is 28.3. The van der Waals surface area contributed by atoms with Crippen molar-refractivity contribution in [3.63, 3.8) is 0 Å². The zero-order chi connectivity index (χ0) is 23.5. The molecule has 1 amide bonds. The number of thioether (sulfide) groups is 1. The number of aromatic amines is 1. The highest BCUT2D eigenvalue weighted by molar-refractivity contribution is 8.15. The molecular weight excluding hydrogens is 468 g/mol. The second-order valence-corrected chi connectivity index (χ2v) is 9.33. The average molecular weight is 487 g/mol. The van der Waals surface area contributed by atoms with E-state index in [0.717, 1.165) is 27.7 Å². The van der Waals surface area contributed by atoms with Crippen LogP contribution in [0.3, 0.4) is 0 Å². The first-order valence-corrected chi connectivity index (χ1v) is 11.9. The minimum Gasteiger partial charge on any atom is -0.354 e. The number of halogens is 1. The fraction of sp³-hybridized carbons (Fsp3) is 0.0769. The van der Waals surface area contributed by atoms with E-state index >= 15 is 0 Å². The number of H-pyrrole nitrogens is 1. The van der Waals surface area contributed by atoms with Crippen LogP contribution in [0.25, 0.3) is 22.2 Å². The lowest BCUT2D eigenvalue weighted by atomic mass is 10.1. The highest BCUT2D eigenvalue weighted by Gasteiger charge is 2.32. The van der Waals surface area contributed by atoms with Gasteiger partial charge in [0.15, 0.2) is 11.0 Å². The number of nitrogens with zero attached hydrogens (tertiary/aromatic N) is 2. The van der Waals surface area contributed by atoms with E-state index in [1.165, 1.54) is 11.8 Å². The summed E-state index contributed by atoms with van der Waals surface area (Å²) >= 11 is 7.09. The minimum atomic E-state index is -0.551. The minimum absolute atomic E-state index is 0.0709. The SMILES string of the molecule is O=C(CC1SC(=NN=Cc2c(-c3ccccc3)[nH]c3ccccc23)NC1=O)c1ccc(Cl)cc1. The number of hydrogen-bond acceptors (Lipinski definition) is 5. The maximum absolute atomic E-state index is 12.5. The van der Waals surface area contributed by atoms with Crippen molar-refractivity contribution in [2.45, 2.75) is 11.7 Å². The second kappa shape index (κ2) is 9.67. The van der Waals surface area contributed by atoms with Crippen molar-refractivity contribution >= 4 is 57.3 Å². The first-order chi connectivity index (χ1) is 16.6. The third kappa shape index (κ3) is 4.66. The van der Waals surface area contributed by atoms with Crippen LogP contribution in [-0.2, 0) is 4.79 Å². The summed E-state index contributed by atoms with van der Waals surface area (Å²) in [5.74, 6) is -0.376. The van der Waals surface area contributed by atoms with Gasteiger partial charge in [-0.2, -0.15) is 5.10 Å². The molecule has 1 aliphatic heterocycles. The molecule has 0 saturated carbocycles. The van der Waals surface area contributed by atoms with Crippen LogP contribution in [0.4, 0.5) is 0 Å². The summed E-state index contributed by atoms with van der Waals surface area (Å²) in [5, 5.41) is 12.6. The number of amides is 1. The topological polar surface area (TPSA) is 86.7 Å². The van der Waals surface area contributed by atoms with Crippen LogP contribution in [0.2, 0.25) is 5.02 Å². The molecule has 4 aromatic rings. The number of carbonyl (C=O) groups is 2. The number of benzene rings is 3. The molecule has 2 heterocycles. The van der Waals surface area contributed by atoms with E-state index in [2.05, 4.69) is 20.5 Å². The fourth-order valence-corrected chi connectivity index (χ4v) is 4.83. The molecule has 1 fully saturated rings. The molecular formula is C26H19ClN4O2S. The van der Waals surface area contributed by atoms with Crippen LogP contribution >= 0.6 is 23.4 Å². The molecule has 1 aromatic heterocycles. The van der Waals surface area contributed by atoms with Gasteiger partial charge < -0.3 is 10.3 Å². The van der Waals surface area contributed by atoms with E-state index in [0.29, 0.717) is 15.8 Å². The number of nitrogens with one attached hydrogen (secondary N) is 2. The molecule has 1 unspecified atom stereocenters. The Labute approximate surface area is 205 Å². The first kappa shape index (κ1) is 22.1. The Bertz CT molecular complexity index is 1430. The molecule has 168 valence electrons. The van der Waals surface area contributed by atoms with Crippen molar-refractivity contribution in [2.24, 2.45) is 10.2 Å². The van der Waals surface area contributed by atoms with Gasteiger partial charge in [0.25, 0.3) is 0 Å². The lowest BCUT2D eigenvalue weighted by Crippen LogP contribution is -2.26. The van der Waals surface area contributed by atoms with Crippen molar-refractivity contribution < 1.29 is 9.59 Å². The standard InChI is InChI=1S/C26H19ClN4O2S/c27-18-12-10-16(11-13-18)22(32)14-23-25(33)30-26(34-23)31-28-15-20-19-8-4-5-9-21(19)29-24(20)17-6-2-1-3-7-17/h1-13,15,23,29H,14H2,(H,30,31,33). The molecule has 0 spiro atoms. The molecule has 1 saturated heterocycles. The summed E-state index contributed by atoms with van der Waals surface area (Å²) < 4.78 is 0. The first-order valence-electron chi connectivity index (χ1n) is 10.6. The van der Waals surface area contributed by atoms with Gasteiger partial charge in [-0.15, -0.1) is 5.10 Å². The lowest BCUT2D eigenvalue weighted by Gasteiger charge is -2.04. The van der Waals surface area contributed by atoms with Gasteiger partial charge >= 0.3 is 0 Å². The number of hydrogen-bond donors (Lipinski definition) is 2. The van der Waals surface area contributed by atoms with Gasteiger partial charge in [0.2, 0.25) is 5.91 Å². The Kier molecular flexibility index (Phi) is 6.29. The quantitative estimate of drug-likeness (QED) is 0.209. The van der Waals surface area contributed by atoms with E-state index in [9.17, 15) is 9.59 Å². The van der Waals surface area contributed by atoms with Crippen LogP contribution in [-0.4, -0.2) is 33.3 Å². The third-order valence-corrected chi connectivity index (χ3v) is 6.78. The van der Waals surface area contributed by atoms with E-state index in [-0.39, 0.29) is 18.1 Å². The highest BCUT2D eigenvalue weighted by Crippen LogP contribution is 2.29. The average Bonchev–Trinajstić information content (AvgIpc) is 3.40. The summed E-state index contributed by atoms with van der Waals surface area (Å²) in [6.07, 6.45) is 1.76. The summed E-state index contributed by atoms with van der Waals surface area (Å²) in [6.45, 7) is 0. The van der Waals surface area contributed by atoms with Crippen LogP contribution < -0.4 is 5.32 Å². The van der Waals surface area contributed by atoms with Gasteiger partial charge in [0.05, 0.1) is 17.2 Å². The Morgan fingerprint density at radius 3 is 2.53 bits per heavy atom. The van der Waals surface area contributed by atoms with Gasteiger partial charge in [-0.25, -0.2) is 0 Å². The zero-order valence-corrected chi connectivity index (χ0v) is 19.4. The van der Waals surface area contributed by atoms with Crippen LogP contribution in [0, 0.1) is 0 Å². The van der Waals surface area contributed by atoms with E-state index in [1.807, 2.05) is 54.6 Å². The smallest absolute Gasteiger partial charge is 0.240 e. The summed E-state index contributed by atoms with van der Waals surface area (Å²) in [7, 11) is 0. The van der Waals surface area contributed by atoms with Crippen molar-refractivity contribution in [3.05, 3.63) is 95.0 Å². The molecule has 2 N–H and O–H groups in total. The lowest BCUT2D eigenvalue weighted by molar-refractivity contribution is -0.118. The van der Waals surface area contributed by atoms with Gasteiger partial charge in [0.1, 0.15) is 0 Å². The number of carbonyl (C=O) groups excluding carboxylic acids is 2. The Balaban J connectivity index is 1.34. The number of Topliss-reactive ketones (excluding diaryl/α,β-unsaturated/α-hetero) is 1. The predicted octanol–water partition coefficient (Wildman–Crippen LogP) is 5.68. The summed E-state index contributed by atoms with van der Waals surface area (Å²) in [5.41, 5.74) is 4.42. The van der Waals surface area contributed by atoms with Crippen LogP contribution in [0.15, 0.2) is 89.1 Å². The number of amidine groups is 1. The number of ketones is 1. The maximum Gasteiger partial charge on any atom is 0.240 e. The van der Waals surface area contributed by atoms with Crippen LogP contribution in [0.5, 0.6) is 0 Å². The van der Waals surface area contributed by atoms with E-state index in [4.69, 9.17) is 11.6 Å². The third-order valence-electron chi connectivity index (χ3n) is 5.46. The second-order valence-electron chi connectivity index (χ2n) is 7.70. The monoisotopic (exact) mass is 486 g/mol. The van der Waals surface area contributed by atoms with Gasteiger partial charge in [-0.05, 0) is 35.9 Å². The van der Waals surface area contributed by atoms with E-state index in [1.54, 1.807) is 30.5 Å². The molecule has 0 radical (unpaired) electrons. The predicted molar refractivity (Wildman–Crippen MR) is 139 cm³/mol. The number of aromatic nitrogens is 1. The summed E-state index contributed by atoms with van der Waals surface area (Å²) in [6, 6.07) is 24.6. The van der Waals surface area contributed by atoms with E-state index < -0.39 is 5.25 Å². The zero-order valence-electron chi connectivity index (χ0n) is 17.9. The molecule has 8 heteroatoms. The highest BCUT2D eigenvalue weighted by atomic mass is 35.5. The van der Waals surface area contributed by atoms with Crippen molar-refractivity contribution in [1.29, 1.82) is 0 Å². The Hall–Kier alpha value is -3.68. The molecule has 6 nitrogen and oxygen atoms in total. The van der Waals surface area contributed by atoms with Crippen LogP contribution in [0.1, 0.15) is 22.3 Å². The molecule has 0 aliphatic carbocycles. The molecule has 34 heavy (non-hydrogen) atoms. The molecule has 3 aromatic carbocycles. The number of fused-ring (bicyclic) bond motifs is 1. The Morgan fingerprint density at radius 2 is 1.74 bits per heavy atom. The number of para-hydroxylation sites is 1. The van der Waals surface area contributed by atoms with Crippen molar-refractivity contribution in [2.75, 3.05) is 0 Å². The maximum atomic E-state index is 12.5. The largest absolute Gasteiger partial charge is 0.354 e. The molecule has 1 aliphatic rings. The molecule has 5 rings (SSSR count). The van der Waals surface area contributed by atoms with Crippen molar-refractivity contribution in [3.8, 4) is 11.3 Å². The Morgan fingerprint density at radius 1 is 1.00 bits per heavy atom. The van der Waals surface area contributed by atoms with Gasteiger partial charge in [-0.3, -0.25) is 9.59 Å². The normalized spacial score (nSPS) is 17.0. The molecule has 0 bridgehead atoms. The van der Waals surface area contributed by atoms with Gasteiger partial charge in [0, 0.05) is 33.5 Å².